The van der Waals surface area contributed by atoms with E-state index >= 15 is 0 Å². The molecule has 1 saturated carbocycles. The van der Waals surface area contributed by atoms with Crippen LogP contribution in [0.25, 0.3) is 0 Å². The number of carbonyl (C=O) groups is 1. The van der Waals surface area contributed by atoms with E-state index in [4.69, 9.17) is 4.74 Å². The lowest BCUT2D eigenvalue weighted by Crippen LogP contribution is -2.43. The first-order valence-corrected chi connectivity index (χ1v) is 7.50. The second-order valence-electron chi connectivity index (χ2n) is 5.85. The third-order valence-electron chi connectivity index (χ3n) is 4.43. The van der Waals surface area contributed by atoms with Gasteiger partial charge < -0.3 is 9.64 Å². The summed E-state index contributed by atoms with van der Waals surface area (Å²) in [4.78, 5) is 14.3. The lowest BCUT2D eigenvalue weighted by atomic mass is 10.1. The molecule has 1 aromatic carbocycles. The Kier molecular flexibility index (Phi) is 4.69. The van der Waals surface area contributed by atoms with Gasteiger partial charge in [-0.2, -0.15) is 0 Å². The van der Waals surface area contributed by atoms with Crippen LogP contribution in [-0.2, 0) is 4.79 Å². The van der Waals surface area contributed by atoms with E-state index < -0.39 is 6.10 Å². The zero-order valence-corrected chi connectivity index (χ0v) is 13.0. The van der Waals surface area contributed by atoms with Gasteiger partial charge in [0.2, 0.25) is 0 Å². The van der Waals surface area contributed by atoms with Crippen LogP contribution in [0.3, 0.4) is 0 Å². The number of rotatable bonds is 4. The molecule has 0 saturated heterocycles. The van der Waals surface area contributed by atoms with Gasteiger partial charge in [0.15, 0.2) is 6.10 Å². The summed E-state index contributed by atoms with van der Waals surface area (Å²) in [7, 11) is 1.90. The highest BCUT2D eigenvalue weighted by Gasteiger charge is 2.27. The summed E-state index contributed by atoms with van der Waals surface area (Å²) in [5, 5.41) is 0. The number of amides is 1. The number of aryl methyl sites for hydroxylation is 1. The normalized spacial score (nSPS) is 17.0. The fourth-order valence-corrected chi connectivity index (χ4v) is 2.85. The summed E-state index contributed by atoms with van der Waals surface area (Å²) in [6, 6.07) is 6.35. The van der Waals surface area contributed by atoms with E-state index in [0.29, 0.717) is 6.04 Å². The lowest BCUT2D eigenvalue weighted by molar-refractivity contribution is -0.138. The minimum absolute atomic E-state index is 0.0813. The molecule has 0 aliphatic heterocycles. The minimum Gasteiger partial charge on any atom is -0.481 e. The van der Waals surface area contributed by atoms with Crippen LogP contribution in [0.4, 0.5) is 0 Å². The summed E-state index contributed by atoms with van der Waals surface area (Å²) in [5.74, 6) is 0.892. The molecule has 1 unspecified atom stereocenters. The Morgan fingerprint density at radius 1 is 1.30 bits per heavy atom. The average molecular weight is 275 g/mol. The molecule has 1 aromatic rings. The van der Waals surface area contributed by atoms with E-state index in [9.17, 15) is 4.79 Å². The number of nitrogens with zero attached hydrogens (tertiary/aromatic N) is 1. The Hall–Kier alpha value is -1.51. The second-order valence-corrected chi connectivity index (χ2v) is 5.85. The van der Waals surface area contributed by atoms with Crippen molar-refractivity contribution in [3.05, 3.63) is 29.3 Å². The largest absolute Gasteiger partial charge is 0.481 e. The summed E-state index contributed by atoms with van der Waals surface area (Å²) in [6.45, 7) is 5.93. The molecule has 110 valence electrons. The monoisotopic (exact) mass is 275 g/mol. The van der Waals surface area contributed by atoms with E-state index in [-0.39, 0.29) is 5.91 Å². The van der Waals surface area contributed by atoms with Gasteiger partial charge >= 0.3 is 0 Å². The molecule has 1 amide bonds. The Bertz CT molecular complexity index is 478. The molecule has 0 N–H and O–H groups in total. The van der Waals surface area contributed by atoms with Crippen molar-refractivity contribution in [2.24, 2.45) is 0 Å². The van der Waals surface area contributed by atoms with Gasteiger partial charge in [0, 0.05) is 13.1 Å². The van der Waals surface area contributed by atoms with Gasteiger partial charge in [-0.05, 0) is 50.8 Å². The van der Waals surface area contributed by atoms with Crippen LogP contribution in [0.15, 0.2) is 18.2 Å². The third-order valence-corrected chi connectivity index (χ3v) is 4.43. The zero-order valence-electron chi connectivity index (χ0n) is 13.0. The molecular weight excluding hydrogens is 250 g/mol. The standard InChI is InChI=1S/C17H25NO2/c1-12-8-7-11-16(13(12)2)20-14(3)17(19)18(4)15-9-5-6-10-15/h7-8,11,14-15H,5-6,9-10H2,1-4H3. The van der Waals surface area contributed by atoms with Crippen molar-refractivity contribution in [2.45, 2.75) is 58.6 Å². The summed E-state index contributed by atoms with van der Waals surface area (Å²) >= 11 is 0. The van der Waals surface area contributed by atoms with E-state index in [1.807, 2.05) is 37.9 Å². The van der Waals surface area contributed by atoms with Gasteiger partial charge in [-0.1, -0.05) is 25.0 Å². The maximum Gasteiger partial charge on any atom is 0.263 e. The molecule has 3 heteroatoms. The molecule has 0 heterocycles. The minimum atomic E-state index is -0.430. The first-order chi connectivity index (χ1) is 9.50. The van der Waals surface area contributed by atoms with Gasteiger partial charge in [-0.3, -0.25) is 4.79 Å². The molecule has 1 aliphatic rings. The number of likely N-dealkylation sites (N-methyl/N-ethyl adjacent to an activating group) is 1. The fraction of sp³-hybridized carbons (Fsp3) is 0.588. The van der Waals surface area contributed by atoms with Crippen LogP contribution >= 0.6 is 0 Å². The highest BCUT2D eigenvalue weighted by molar-refractivity contribution is 5.81. The molecule has 2 rings (SSSR count). The molecule has 0 spiro atoms. The zero-order chi connectivity index (χ0) is 14.7. The van der Waals surface area contributed by atoms with E-state index in [2.05, 4.69) is 13.0 Å². The molecule has 0 radical (unpaired) electrons. The molecular formula is C17H25NO2. The van der Waals surface area contributed by atoms with Crippen molar-refractivity contribution < 1.29 is 9.53 Å². The summed E-state index contributed by atoms with van der Waals surface area (Å²) < 4.78 is 5.88. The maximum absolute atomic E-state index is 12.4. The second kappa shape index (κ2) is 6.29. The van der Waals surface area contributed by atoms with E-state index in [0.717, 1.165) is 24.2 Å². The van der Waals surface area contributed by atoms with Crippen LogP contribution in [0.2, 0.25) is 0 Å². The Morgan fingerprint density at radius 2 is 1.95 bits per heavy atom. The van der Waals surface area contributed by atoms with Gasteiger partial charge in [0.1, 0.15) is 5.75 Å². The van der Waals surface area contributed by atoms with Gasteiger partial charge in [-0.25, -0.2) is 0 Å². The Labute approximate surface area is 121 Å². The van der Waals surface area contributed by atoms with Crippen molar-refractivity contribution in [1.29, 1.82) is 0 Å². The average Bonchev–Trinajstić information content (AvgIpc) is 2.96. The topological polar surface area (TPSA) is 29.5 Å². The highest BCUT2D eigenvalue weighted by Crippen LogP contribution is 2.25. The molecule has 0 aromatic heterocycles. The van der Waals surface area contributed by atoms with Crippen LogP contribution in [-0.4, -0.2) is 30.0 Å². The first-order valence-electron chi connectivity index (χ1n) is 7.50. The highest BCUT2D eigenvalue weighted by atomic mass is 16.5. The van der Waals surface area contributed by atoms with Crippen LogP contribution < -0.4 is 4.74 Å². The quantitative estimate of drug-likeness (QED) is 0.842. The van der Waals surface area contributed by atoms with Gasteiger partial charge in [0.05, 0.1) is 0 Å². The first kappa shape index (κ1) is 14.9. The lowest BCUT2D eigenvalue weighted by Gasteiger charge is -2.27. The van der Waals surface area contributed by atoms with E-state index in [1.54, 1.807) is 0 Å². The molecule has 1 fully saturated rings. The fourth-order valence-electron chi connectivity index (χ4n) is 2.85. The smallest absolute Gasteiger partial charge is 0.263 e. The maximum atomic E-state index is 12.4. The summed E-state index contributed by atoms with van der Waals surface area (Å²) in [6.07, 6.45) is 4.28. The molecule has 3 nitrogen and oxygen atoms in total. The van der Waals surface area contributed by atoms with Crippen molar-refractivity contribution in [3.8, 4) is 5.75 Å². The Balaban J connectivity index is 2.01. The van der Waals surface area contributed by atoms with Crippen LogP contribution in [0, 0.1) is 13.8 Å². The molecule has 20 heavy (non-hydrogen) atoms. The number of hydrogen-bond donors (Lipinski definition) is 0. The predicted molar refractivity (Wildman–Crippen MR) is 81.0 cm³/mol. The van der Waals surface area contributed by atoms with Crippen molar-refractivity contribution >= 4 is 5.91 Å². The number of hydrogen-bond acceptors (Lipinski definition) is 2. The number of benzene rings is 1. The van der Waals surface area contributed by atoms with Gasteiger partial charge in [-0.15, -0.1) is 0 Å². The third kappa shape index (κ3) is 3.14. The number of ether oxygens (including phenoxy) is 1. The molecule has 1 aliphatic carbocycles. The molecule has 1 atom stereocenters. The van der Waals surface area contributed by atoms with Crippen LogP contribution in [0.5, 0.6) is 5.75 Å². The SMILES string of the molecule is Cc1cccc(OC(C)C(=O)N(C)C2CCCC2)c1C. The van der Waals surface area contributed by atoms with Crippen molar-refractivity contribution in [1.82, 2.24) is 4.90 Å². The Morgan fingerprint density at radius 3 is 2.60 bits per heavy atom. The predicted octanol–water partition coefficient (Wildman–Crippen LogP) is 3.47. The van der Waals surface area contributed by atoms with E-state index in [1.165, 1.54) is 18.4 Å². The molecule has 0 bridgehead atoms. The van der Waals surface area contributed by atoms with Gasteiger partial charge in [0.25, 0.3) is 5.91 Å². The summed E-state index contributed by atoms with van der Waals surface area (Å²) in [5.41, 5.74) is 2.29. The van der Waals surface area contributed by atoms with Crippen LogP contribution in [0.1, 0.15) is 43.7 Å². The number of carbonyl (C=O) groups excluding carboxylic acids is 1. The van der Waals surface area contributed by atoms with Crippen molar-refractivity contribution in [2.75, 3.05) is 7.05 Å². The van der Waals surface area contributed by atoms with Crippen molar-refractivity contribution in [3.63, 3.8) is 0 Å².